The van der Waals surface area contributed by atoms with E-state index < -0.39 is 0 Å². The number of fused-ring (bicyclic) bond motifs is 1. The maximum atomic E-state index is 12.2. The molecular formula is C19H21N5OS2. The Morgan fingerprint density at radius 3 is 2.78 bits per heavy atom. The van der Waals surface area contributed by atoms with Gasteiger partial charge < -0.3 is 10.2 Å². The first-order valence-corrected chi connectivity index (χ1v) is 10.8. The number of nitrogens with zero attached hydrogens (tertiary/aromatic N) is 4. The zero-order chi connectivity index (χ0) is 18.6. The Kier molecular flexibility index (Phi) is 5.54. The third kappa shape index (κ3) is 4.39. The summed E-state index contributed by atoms with van der Waals surface area (Å²) < 4.78 is 0.968. The summed E-state index contributed by atoms with van der Waals surface area (Å²) in [6.45, 7) is 4.70. The Labute approximate surface area is 166 Å². The lowest BCUT2D eigenvalue weighted by Crippen LogP contribution is -2.24. The molecule has 2 aromatic heterocycles. The lowest BCUT2D eigenvalue weighted by Gasteiger charge is -2.11. The highest BCUT2D eigenvalue weighted by molar-refractivity contribution is 8.00. The Bertz CT molecular complexity index is 935. The molecule has 0 spiro atoms. The molecule has 0 aliphatic carbocycles. The summed E-state index contributed by atoms with van der Waals surface area (Å²) in [6, 6.07) is 8.17. The van der Waals surface area contributed by atoms with Gasteiger partial charge in [0.25, 0.3) is 0 Å². The van der Waals surface area contributed by atoms with Crippen LogP contribution in [0, 0.1) is 6.92 Å². The number of thioether (sulfide) groups is 1. The van der Waals surface area contributed by atoms with Gasteiger partial charge in [0.2, 0.25) is 5.91 Å². The van der Waals surface area contributed by atoms with Crippen molar-refractivity contribution in [1.29, 1.82) is 0 Å². The van der Waals surface area contributed by atoms with Crippen molar-refractivity contribution in [1.82, 2.24) is 20.3 Å². The largest absolute Gasteiger partial charge is 0.351 e. The lowest BCUT2D eigenvalue weighted by atomic mass is 10.1. The molecule has 0 unspecified atom stereocenters. The number of carbonyl (C=O) groups is 1. The van der Waals surface area contributed by atoms with Gasteiger partial charge >= 0.3 is 0 Å². The number of amides is 1. The van der Waals surface area contributed by atoms with E-state index in [1.54, 1.807) is 11.3 Å². The Morgan fingerprint density at radius 2 is 2.00 bits per heavy atom. The molecular weight excluding hydrogens is 378 g/mol. The molecule has 1 aliphatic rings. The fourth-order valence-corrected chi connectivity index (χ4v) is 4.93. The molecule has 1 amide bonds. The molecule has 0 bridgehead atoms. The van der Waals surface area contributed by atoms with Gasteiger partial charge in [-0.2, -0.15) is 4.98 Å². The van der Waals surface area contributed by atoms with Gasteiger partial charge in [-0.3, -0.25) is 4.79 Å². The second-order valence-electron chi connectivity index (χ2n) is 6.57. The van der Waals surface area contributed by atoms with Gasteiger partial charge in [0.05, 0.1) is 5.75 Å². The molecule has 27 heavy (non-hydrogen) atoms. The Morgan fingerprint density at radius 1 is 1.22 bits per heavy atom. The maximum Gasteiger partial charge on any atom is 0.230 e. The van der Waals surface area contributed by atoms with E-state index in [2.05, 4.69) is 44.2 Å². The second-order valence-corrected chi connectivity index (χ2v) is 8.51. The van der Waals surface area contributed by atoms with Crippen LogP contribution in [0.3, 0.4) is 0 Å². The smallest absolute Gasteiger partial charge is 0.230 e. The average molecular weight is 400 g/mol. The summed E-state index contributed by atoms with van der Waals surface area (Å²) >= 11 is 3.06. The van der Waals surface area contributed by atoms with Crippen molar-refractivity contribution in [3.8, 4) is 0 Å². The fraction of sp³-hybridized carbons (Fsp3) is 0.368. The number of aromatic nitrogens is 3. The summed E-state index contributed by atoms with van der Waals surface area (Å²) in [7, 11) is 0. The van der Waals surface area contributed by atoms with E-state index in [-0.39, 0.29) is 5.91 Å². The quantitative estimate of drug-likeness (QED) is 0.506. The summed E-state index contributed by atoms with van der Waals surface area (Å²) in [5.74, 6) is 0.325. The molecule has 1 saturated heterocycles. The first-order chi connectivity index (χ1) is 13.2. The molecule has 1 N–H and O–H groups in total. The molecule has 1 fully saturated rings. The zero-order valence-electron chi connectivity index (χ0n) is 15.1. The third-order valence-corrected chi connectivity index (χ3v) is 6.70. The Hall–Kier alpha value is -2.19. The topological polar surface area (TPSA) is 71.0 Å². The minimum absolute atomic E-state index is 0.00313. The minimum Gasteiger partial charge on any atom is -0.351 e. The Balaban J connectivity index is 1.37. The molecule has 8 heteroatoms. The van der Waals surface area contributed by atoms with Gasteiger partial charge in [0, 0.05) is 19.6 Å². The standard InChI is InChI=1S/C19H21N5OS2/c1-13-4-6-14(7-5-13)10-20-15(25)11-26-18-16-17(21-12-22-18)23-19(27-16)24-8-2-3-9-24/h4-7,12H,2-3,8-11H2,1H3,(H,20,25). The van der Waals surface area contributed by atoms with Gasteiger partial charge in [0.15, 0.2) is 10.8 Å². The molecule has 0 atom stereocenters. The predicted molar refractivity (Wildman–Crippen MR) is 110 cm³/mol. The van der Waals surface area contributed by atoms with E-state index in [0.717, 1.165) is 39.2 Å². The van der Waals surface area contributed by atoms with E-state index in [9.17, 15) is 4.79 Å². The highest BCUT2D eigenvalue weighted by Gasteiger charge is 2.19. The molecule has 4 rings (SSSR count). The van der Waals surface area contributed by atoms with Gasteiger partial charge in [-0.05, 0) is 25.3 Å². The van der Waals surface area contributed by atoms with E-state index in [0.29, 0.717) is 12.3 Å². The summed E-state index contributed by atoms with van der Waals surface area (Å²) in [5, 5.41) is 4.80. The molecule has 3 heterocycles. The number of benzene rings is 1. The normalized spacial score (nSPS) is 14.0. The van der Waals surface area contributed by atoms with Crippen LogP contribution in [-0.4, -0.2) is 39.7 Å². The van der Waals surface area contributed by atoms with Crippen LogP contribution in [0.4, 0.5) is 5.13 Å². The van der Waals surface area contributed by atoms with Crippen molar-refractivity contribution in [2.24, 2.45) is 0 Å². The van der Waals surface area contributed by atoms with Crippen molar-refractivity contribution in [3.63, 3.8) is 0 Å². The fourth-order valence-electron chi connectivity index (χ4n) is 2.96. The van der Waals surface area contributed by atoms with Crippen LogP contribution in [0.2, 0.25) is 0 Å². The molecule has 0 radical (unpaired) electrons. The van der Waals surface area contributed by atoms with Crippen molar-refractivity contribution >= 4 is 44.5 Å². The highest BCUT2D eigenvalue weighted by Crippen LogP contribution is 2.34. The van der Waals surface area contributed by atoms with Crippen LogP contribution >= 0.6 is 23.1 Å². The number of aryl methyl sites for hydroxylation is 1. The van der Waals surface area contributed by atoms with E-state index in [1.165, 1.54) is 36.5 Å². The van der Waals surface area contributed by atoms with Gasteiger partial charge in [-0.15, -0.1) is 0 Å². The van der Waals surface area contributed by atoms with Crippen LogP contribution in [0.5, 0.6) is 0 Å². The number of hydrogen-bond acceptors (Lipinski definition) is 7. The van der Waals surface area contributed by atoms with Crippen molar-refractivity contribution in [3.05, 3.63) is 41.7 Å². The number of thiazole rings is 1. The second kappa shape index (κ2) is 8.22. The first kappa shape index (κ1) is 18.2. The van der Waals surface area contributed by atoms with Crippen molar-refractivity contribution in [2.45, 2.75) is 31.3 Å². The van der Waals surface area contributed by atoms with Gasteiger partial charge in [-0.1, -0.05) is 52.9 Å². The number of nitrogens with one attached hydrogen (secondary N) is 1. The highest BCUT2D eigenvalue weighted by atomic mass is 32.2. The number of rotatable bonds is 6. The van der Waals surface area contributed by atoms with Crippen molar-refractivity contribution in [2.75, 3.05) is 23.7 Å². The molecule has 0 saturated carbocycles. The van der Waals surface area contributed by atoms with Gasteiger partial charge in [0.1, 0.15) is 16.1 Å². The van der Waals surface area contributed by atoms with Crippen LogP contribution in [0.25, 0.3) is 10.3 Å². The lowest BCUT2D eigenvalue weighted by molar-refractivity contribution is -0.118. The monoisotopic (exact) mass is 399 g/mol. The summed E-state index contributed by atoms with van der Waals surface area (Å²) in [5.41, 5.74) is 3.03. The van der Waals surface area contributed by atoms with E-state index in [4.69, 9.17) is 0 Å². The predicted octanol–water partition coefficient (Wildman–Crippen LogP) is 3.40. The number of carbonyl (C=O) groups excluding carboxylic acids is 1. The molecule has 1 aliphatic heterocycles. The maximum absolute atomic E-state index is 12.2. The van der Waals surface area contributed by atoms with Crippen LogP contribution < -0.4 is 10.2 Å². The van der Waals surface area contributed by atoms with Crippen LogP contribution in [0.1, 0.15) is 24.0 Å². The summed E-state index contributed by atoms with van der Waals surface area (Å²) in [6.07, 6.45) is 3.96. The van der Waals surface area contributed by atoms with Crippen molar-refractivity contribution < 1.29 is 4.79 Å². The minimum atomic E-state index is -0.00313. The SMILES string of the molecule is Cc1ccc(CNC(=O)CSc2ncnc3nc(N4CCCC4)sc23)cc1. The zero-order valence-corrected chi connectivity index (χ0v) is 16.8. The first-order valence-electron chi connectivity index (χ1n) is 9.00. The molecule has 6 nitrogen and oxygen atoms in total. The molecule has 3 aromatic rings. The van der Waals surface area contributed by atoms with Crippen LogP contribution in [-0.2, 0) is 11.3 Å². The van der Waals surface area contributed by atoms with E-state index in [1.807, 2.05) is 12.1 Å². The molecule has 1 aromatic carbocycles. The molecule has 140 valence electrons. The average Bonchev–Trinajstić information content (AvgIpc) is 3.35. The van der Waals surface area contributed by atoms with Crippen LogP contribution in [0.15, 0.2) is 35.6 Å². The van der Waals surface area contributed by atoms with Gasteiger partial charge in [-0.25, -0.2) is 9.97 Å². The number of hydrogen-bond donors (Lipinski definition) is 1. The number of anilines is 1. The third-order valence-electron chi connectivity index (χ3n) is 4.47. The summed E-state index contributed by atoms with van der Waals surface area (Å²) in [4.78, 5) is 27.8. The van der Waals surface area contributed by atoms with E-state index >= 15 is 0 Å².